The van der Waals surface area contributed by atoms with E-state index in [2.05, 4.69) is 0 Å². The zero-order valence-electron chi connectivity index (χ0n) is 6.40. The fraction of sp³-hybridized carbons (Fsp3) is 0.571. The fourth-order valence-corrected chi connectivity index (χ4v) is 2.06. The Kier molecular flexibility index (Phi) is 2.99. The van der Waals surface area contributed by atoms with Crippen molar-refractivity contribution in [1.82, 2.24) is 0 Å². The van der Waals surface area contributed by atoms with Crippen LogP contribution >= 0.6 is 0 Å². The van der Waals surface area contributed by atoms with Crippen LogP contribution in [0.5, 0.6) is 0 Å². The van der Waals surface area contributed by atoms with Gasteiger partial charge in [0.1, 0.15) is 0 Å². The van der Waals surface area contributed by atoms with Crippen molar-refractivity contribution in [3.63, 3.8) is 0 Å². The predicted molar refractivity (Wildman–Crippen MR) is 44.1 cm³/mol. The van der Waals surface area contributed by atoms with Crippen LogP contribution in [0.3, 0.4) is 0 Å². The van der Waals surface area contributed by atoms with E-state index in [0.29, 0.717) is 12.8 Å². The number of carboxylic acids is 1. The molecule has 2 unspecified atom stereocenters. The second-order valence-electron chi connectivity index (χ2n) is 2.66. The lowest BCUT2D eigenvalue weighted by molar-refractivity contribution is -0.132. The van der Waals surface area contributed by atoms with Crippen LogP contribution < -0.4 is 0 Å². The molecule has 0 saturated carbocycles. The molecule has 1 rings (SSSR count). The summed E-state index contributed by atoms with van der Waals surface area (Å²) >= 11 is -2.05. The first-order valence-electron chi connectivity index (χ1n) is 3.66. The highest BCUT2D eigenvalue weighted by molar-refractivity contribution is 7.80. The highest BCUT2D eigenvalue weighted by atomic mass is 32.2. The number of hydrogen-bond acceptors (Lipinski definition) is 2. The largest absolute Gasteiger partial charge is 0.478 e. The number of carboxylic acid groups (broad SMARTS) is 1. The average molecular weight is 190 g/mol. The molecule has 0 aromatic carbocycles. The van der Waals surface area contributed by atoms with Crippen LogP contribution in [0.15, 0.2) is 11.6 Å². The summed E-state index contributed by atoms with van der Waals surface area (Å²) in [5.41, 5.74) is 0.0853. The summed E-state index contributed by atoms with van der Waals surface area (Å²) in [6.45, 7) is 0. The lowest BCUT2D eigenvalue weighted by atomic mass is 9.99. The van der Waals surface area contributed by atoms with E-state index >= 15 is 0 Å². The molecule has 4 nitrogen and oxygen atoms in total. The van der Waals surface area contributed by atoms with Gasteiger partial charge in [-0.2, -0.15) is 0 Å². The Balaban J connectivity index is 2.85. The molecule has 0 radical (unpaired) electrons. The van der Waals surface area contributed by atoms with Gasteiger partial charge in [-0.1, -0.05) is 6.08 Å². The molecular weight excluding hydrogens is 180 g/mol. The smallest absolute Gasteiger partial charge is 0.332 e. The van der Waals surface area contributed by atoms with Gasteiger partial charge in [0.2, 0.25) is 0 Å². The minimum Gasteiger partial charge on any atom is -0.478 e. The van der Waals surface area contributed by atoms with E-state index in [1.165, 1.54) is 6.08 Å². The number of allylic oxidation sites excluding steroid dienone is 1. The summed E-state index contributed by atoms with van der Waals surface area (Å²) in [7, 11) is 0. The number of rotatable bonds is 2. The normalized spacial score (nSPS) is 26.1. The fourth-order valence-electron chi connectivity index (χ4n) is 1.28. The standard InChI is InChI=1S/C7H10O4S/c8-7(9)5-3-1-2-4-6(5)12(10)11/h3,6H,1-2,4H2,(H,8,9)(H,10,11). The quantitative estimate of drug-likeness (QED) is 0.631. The summed E-state index contributed by atoms with van der Waals surface area (Å²) in [6.07, 6.45) is 3.49. The molecule has 0 aromatic rings. The van der Waals surface area contributed by atoms with Gasteiger partial charge < -0.3 is 9.66 Å². The Bertz CT molecular complexity index is 246. The molecule has 0 heterocycles. The lowest BCUT2D eigenvalue weighted by Gasteiger charge is -2.17. The summed E-state index contributed by atoms with van der Waals surface area (Å²) in [6, 6.07) is 0. The Morgan fingerprint density at radius 1 is 1.67 bits per heavy atom. The van der Waals surface area contributed by atoms with Gasteiger partial charge in [0.05, 0.1) is 10.8 Å². The number of aliphatic carboxylic acids is 1. The van der Waals surface area contributed by atoms with Crippen LogP contribution in [0, 0.1) is 0 Å². The summed E-state index contributed by atoms with van der Waals surface area (Å²) in [5, 5.41) is 7.95. The zero-order chi connectivity index (χ0) is 9.14. The van der Waals surface area contributed by atoms with Crippen LogP contribution in [0.25, 0.3) is 0 Å². The molecule has 0 spiro atoms. The van der Waals surface area contributed by atoms with Crippen molar-refractivity contribution in [1.29, 1.82) is 0 Å². The van der Waals surface area contributed by atoms with E-state index in [4.69, 9.17) is 9.66 Å². The van der Waals surface area contributed by atoms with Gasteiger partial charge in [0.25, 0.3) is 0 Å². The van der Waals surface area contributed by atoms with Crippen molar-refractivity contribution in [3.05, 3.63) is 11.6 Å². The number of hydrogen-bond donors (Lipinski definition) is 2. The van der Waals surface area contributed by atoms with Gasteiger partial charge in [-0.15, -0.1) is 0 Å². The molecule has 2 atom stereocenters. The van der Waals surface area contributed by atoms with Crippen molar-refractivity contribution < 1.29 is 18.7 Å². The summed E-state index contributed by atoms with van der Waals surface area (Å²) in [4.78, 5) is 10.6. The van der Waals surface area contributed by atoms with Crippen molar-refractivity contribution >= 4 is 17.0 Å². The van der Waals surface area contributed by atoms with E-state index in [9.17, 15) is 9.00 Å². The van der Waals surface area contributed by atoms with Crippen LogP contribution in [0.1, 0.15) is 19.3 Å². The number of carbonyl (C=O) groups is 1. The lowest BCUT2D eigenvalue weighted by Crippen LogP contribution is -2.25. The van der Waals surface area contributed by atoms with Gasteiger partial charge >= 0.3 is 5.97 Å². The molecule has 0 aromatic heterocycles. The third-order valence-electron chi connectivity index (χ3n) is 1.87. The van der Waals surface area contributed by atoms with Gasteiger partial charge in [-0.3, -0.25) is 0 Å². The minimum absolute atomic E-state index is 0.0853. The second kappa shape index (κ2) is 3.82. The molecule has 0 fully saturated rings. The van der Waals surface area contributed by atoms with Crippen LogP contribution in [-0.2, 0) is 15.9 Å². The molecule has 1 aliphatic rings. The first-order chi connectivity index (χ1) is 5.63. The molecule has 12 heavy (non-hydrogen) atoms. The molecular formula is C7H10O4S. The third-order valence-corrected chi connectivity index (χ3v) is 2.85. The molecule has 2 N–H and O–H groups in total. The predicted octanol–water partition coefficient (Wildman–Crippen LogP) is 0.772. The van der Waals surface area contributed by atoms with Gasteiger partial charge in [-0.25, -0.2) is 9.00 Å². The molecule has 0 bridgehead atoms. The highest BCUT2D eigenvalue weighted by Crippen LogP contribution is 2.22. The third kappa shape index (κ3) is 1.92. The summed E-state index contributed by atoms with van der Waals surface area (Å²) in [5.74, 6) is -1.08. The molecule has 68 valence electrons. The van der Waals surface area contributed by atoms with Crippen molar-refractivity contribution in [2.75, 3.05) is 0 Å². The minimum atomic E-state index is -2.05. The molecule has 0 saturated heterocycles. The Morgan fingerprint density at radius 3 is 2.75 bits per heavy atom. The van der Waals surface area contributed by atoms with Gasteiger partial charge in [-0.05, 0) is 19.3 Å². The van der Waals surface area contributed by atoms with Crippen LogP contribution in [0.2, 0.25) is 0 Å². The average Bonchev–Trinajstić information content (AvgIpc) is 2.04. The monoisotopic (exact) mass is 190 g/mol. The van der Waals surface area contributed by atoms with Crippen molar-refractivity contribution in [2.24, 2.45) is 0 Å². The van der Waals surface area contributed by atoms with E-state index in [-0.39, 0.29) is 5.57 Å². The zero-order valence-corrected chi connectivity index (χ0v) is 7.21. The second-order valence-corrected chi connectivity index (χ2v) is 3.78. The highest BCUT2D eigenvalue weighted by Gasteiger charge is 2.27. The Labute approximate surface area is 72.6 Å². The summed E-state index contributed by atoms with van der Waals surface area (Å²) < 4.78 is 19.4. The SMILES string of the molecule is O=C(O)C1=CCCCC1S(=O)O. The maximum absolute atomic E-state index is 10.7. The van der Waals surface area contributed by atoms with E-state index in [1.807, 2.05) is 0 Å². The maximum Gasteiger partial charge on any atom is 0.332 e. The van der Waals surface area contributed by atoms with E-state index in [1.54, 1.807) is 0 Å². The Morgan fingerprint density at radius 2 is 2.33 bits per heavy atom. The molecule has 0 amide bonds. The maximum atomic E-state index is 10.7. The molecule has 1 aliphatic carbocycles. The van der Waals surface area contributed by atoms with E-state index < -0.39 is 22.3 Å². The molecule has 0 aliphatic heterocycles. The van der Waals surface area contributed by atoms with Crippen molar-refractivity contribution in [2.45, 2.75) is 24.5 Å². The first-order valence-corrected chi connectivity index (χ1v) is 4.83. The van der Waals surface area contributed by atoms with E-state index in [0.717, 1.165) is 6.42 Å². The van der Waals surface area contributed by atoms with Crippen LogP contribution in [-0.4, -0.2) is 25.1 Å². The van der Waals surface area contributed by atoms with Gasteiger partial charge in [0.15, 0.2) is 11.1 Å². The van der Waals surface area contributed by atoms with Crippen molar-refractivity contribution in [3.8, 4) is 0 Å². The van der Waals surface area contributed by atoms with Crippen LogP contribution in [0.4, 0.5) is 0 Å². The topological polar surface area (TPSA) is 74.6 Å². The molecule has 5 heteroatoms. The first kappa shape index (κ1) is 9.41. The van der Waals surface area contributed by atoms with Gasteiger partial charge in [0, 0.05) is 0 Å². The Hall–Kier alpha value is -0.680.